The maximum atomic E-state index is 6.58. The van der Waals surface area contributed by atoms with Gasteiger partial charge >= 0.3 is 0 Å². The van der Waals surface area contributed by atoms with E-state index in [0.29, 0.717) is 34.5 Å². The number of hydrogen-bond donors (Lipinski definition) is 0. The fraction of sp³-hybridized carbons (Fsp3) is 0. The predicted octanol–water partition coefficient (Wildman–Crippen LogP) is 10.8. The molecule has 7 nitrogen and oxygen atoms in total. The maximum absolute atomic E-state index is 6.58. The first-order valence-corrected chi connectivity index (χ1v) is 16.3. The SMILES string of the molecule is c1ccc(-c2nc(-c3ccccc3)nc(-c3ccc4oc5c(-c6nc(-c7ccccc7)c7oc8ccccc8c7n6)cccc5c4c3)n2)cc1. The summed E-state index contributed by atoms with van der Waals surface area (Å²) in [6, 6.07) is 50.1. The molecule has 0 bridgehead atoms. The first-order valence-electron chi connectivity index (χ1n) is 16.3. The normalized spacial score (nSPS) is 11.6. The van der Waals surface area contributed by atoms with Gasteiger partial charge in [-0.2, -0.15) is 0 Å². The highest BCUT2D eigenvalue weighted by Gasteiger charge is 2.21. The Balaban J connectivity index is 1.16. The smallest absolute Gasteiger partial charge is 0.180 e. The third kappa shape index (κ3) is 4.64. The number of fused-ring (bicyclic) bond motifs is 6. The lowest BCUT2D eigenvalue weighted by Crippen LogP contribution is -2.00. The van der Waals surface area contributed by atoms with Crippen molar-refractivity contribution in [2.24, 2.45) is 0 Å². The van der Waals surface area contributed by atoms with Gasteiger partial charge in [-0.15, -0.1) is 0 Å². The van der Waals surface area contributed by atoms with Crippen molar-refractivity contribution >= 4 is 44.0 Å². The van der Waals surface area contributed by atoms with Gasteiger partial charge in [-0.1, -0.05) is 115 Å². The highest BCUT2D eigenvalue weighted by Crippen LogP contribution is 2.40. The molecule has 10 aromatic rings. The molecule has 0 N–H and O–H groups in total. The second kappa shape index (κ2) is 11.3. The van der Waals surface area contributed by atoms with Crippen molar-refractivity contribution in [2.45, 2.75) is 0 Å². The van der Waals surface area contributed by atoms with E-state index in [0.717, 1.165) is 66.4 Å². The van der Waals surface area contributed by atoms with Gasteiger partial charge in [0.15, 0.2) is 28.9 Å². The van der Waals surface area contributed by atoms with E-state index < -0.39 is 0 Å². The Bertz CT molecular complexity index is 2810. The van der Waals surface area contributed by atoms with Crippen LogP contribution in [0.3, 0.4) is 0 Å². The van der Waals surface area contributed by atoms with E-state index in [2.05, 4.69) is 12.1 Å². The molecule has 0 atom stereocenters. The number of furan rings is 2. The van der Waals surface area contributed by atoms with Crippen molar-refractivity contribution in [3.05, 3.63) is 152 Å². The number of nitrogens with zero attached hydrogens (tertiary/aromatic N) is 5. The predicted molar refractivity (Wildman–Crippen MR) is 197 cm³/mol. The van der Waals surface area contributed by atoms with Crippen LogP contribution in [-0.4, -0.2) is 24.9 Å². The summed E-state index contributed by atoms with van der Waals surface area (Å²) in [6.07, 6.45) is 0. The Morgan fingerprint density at radius 1 is 0.340 bits per heavy atom. The molecule has 0 amide bonds. The number of para-hydroxylation sites is 2. The summed E-state index contributed by atoms with van der Waals surface area (Å²) in [5.74, 6) is 2.37. The van der Waals surface area contributed by atoms with Crippen LogP contribution < -0.4 is 0 Å². The molecular weight excluding hydrogens is 619 g/mol. The summed E-state index contributed by atoms with van der Waals surface area (Å²) in [7, 11) is 0. The molecule has 7 heteroatoms. The molecule has 234 valence electrons. The molecule has 0 unspecified atom stereocenters. The third-order valence-electron chi connectivity index (χ3n) is 8.96. The zero-order valence-electron chi connectivity index (χ0n) is 26.5. The minimum atomic E-state index is 0.560. The highest BCUT2D eigenvalue weighted by atomic mass is 16.3. The van der Waals surface area contributed by atoms with E-state index in [1.165, 1.54) is 0 Å². The Kier molecular flexibility index (Phi) is 6.35. The van der Waals surface area contributed by atoms with Crippen LogP contribution in [0.25, 0.3) is 101 Å². The summed E-state index contributed by atoms with van der Waals surface area (Å²) in [5, 5.41) is 2.83. The van der Waals surface area contributed by atoms with Crippen molar-refractivity contribution in [3.8, 4) is 56.8 Å². The molecule has 50 heavy (non-hydrogen) atoms. The number of rotatable bonds is 5. The molecule has 0 saturated carbocycles. The van der Waals surface area contributed by atoms with Gasteiger partial charge < -0.3 is 8.83 Å². The van der Waals surface area contributed by atoms with Crippen LogP contribution in [0.1, 0.15) is 0 Å². The van der Waals surface area contributed by atoms with Gasteiger partial charge in [0.25, 0.3) is 0 Å². The average molecular weight is 644 g/mol. The Morgan fingerprint density at radius 3 is 1.60 bits per heavy atom. The van der Waals surface area contributed by atoms with Gasteiger partial charge in [0.1, 0.15) is 28.0 Å². The van der Waals surface area contributed by atoms with Crippen molar-refractivity contribution in [2.75, 3.05) is 0 Å². The van der Waals surface area contributed by atoms with E-state index in [1.807, 2.05) is 140 Å². The Hall–Kier alpha value is -6.99. The molecule has 0 radical (unpaired) electrons. The van der Waals surface area contributed by atoms with Gasteiger partial charge in [-0.25, -0.2) is 24.9 Å². The summed E-state index contributed by atoms with van der Waals surface area (Å²) < 4.78 is 12.9. The topological polar surface area (TPSA) is 90.7 Å². The molecule has 0 saturated heterocycles. The largest absolute Gasteiger partial charge is 0.455 e. The molecule has 6 aromatic carbocycles. The van der Waals surface area contributed by atoms with Crippen molar-refractivity contribution in [1.29, 1.82) is 0 Å². The first-order chi connectivity index (χ1) is 24.8. The molecule has 0 aliphatic carbocycles. The van der Waals surface area contributed by atoms with E-state index in [1.54, 1.807) is 0 Å². The van der Waals surface area contributed by atoms with E-state index in [9.17, 15) is 0 Å². The van der Waals surface area contributed by atoms with Crippen LogP contribution in [0.5, 0.6) is 0 Å². The molecular formula is C43H25N5O2. The van der Waals surface area contributed by atoms with Gasteiger partial charge in [0.2, 0.25) is 0 Å². The molecule has 0 spiro atoms. The van der Waals surface area contributed by atoms with Crippen LogP contribution in [0, 0.1) is 0 Å². The van der Waals surface area contributed by atoms with Crippen LogP contribution in [0.15, 0.2) is 160 Å². The summed E-state index contributed by atoms with van der Waals surface area (Å²) in [5.41, 5.74) is 8.81. The van der Waals surface area contributed by atoms with Crippen molar-refractivity contribution in [3.63, 3.8) is 0 Å². The summed E-state index contributed by atoms with van der Waals surface area (Å²) in [4.78, 5) is 24.9. The highest BCUT2D eigenvalue weighted by molar-refractivity contribution is 6.11. The first kappa shape index (κ1) is 28.1. The minimum absolute atomic E-state index is 0.560. The van der Waals surface area contributed by atoms with Crippen LogP contribution >= 0.6 is 0 Å². The number of hydrogen-bond acceptors (Lipinski definition) is 7. The summed E-state index contributed by atoms with van der Waals surface area (Å²) >= 11 is 0. The lowest BCUT2D eigenvalue weighted by atomic mass is 10.1. The van der Waals surface area contributed by atoms with E-state index >= 15 is 0 Å². The molecule has 4 heterocycles. The number of benzene rings is 6. The van der Waals surface area contributed by atoms with Crippen molar-refractivity contribution in [1.82, 2.24) is 24.9 Å². The minimum Gasteiger partial charge on any atom is -0.455 e. The summed E-state index contributed by atoms with van der Waals surface area (Å²) in [6.45, 7) is 0. The molecule has 0 aliphatic rings. The quantitative estimate of drug-likeness (QED) is 0.184. The molecule has 0 aliphatic heterocycles. The van der Waals surface area contributed by atoms with E-state index in [4.69, 9.17) is 33.8 Å². The van der Waals surface area contributed by atoms with E-state index in [-0.39, 0.29) is 0 Å². The van der Waals surface area contributed by atoms with Crippen LogP contribution in [0.4, 0.5) is 0 Å². The monoisotopic (exact) mass is 643 g/mol. The average Bonchev–Trinajstić information content (AvgIpc) is 3.76. The van der Waals surface area contributed by atoms with Gasteiger partial charge in [-0.3, -0.25) is 0 Å². The molecule has 10 rings (SSSR count). The second-order valence-corrected chi connectivity index (χ2v) is 12.1. The maximum Gasteiger partial charge on any atom is 0.180 e. The fourth-order valence-corrected chi connectivity index (χ4v) is 6.55. The van der Waals surface area contributed by atoms with Gasteiger partial charge in [0, 0.05) is 38.4 Å². The lowest BCUT2D eigenvalue weighted by molar-refractivity contribution is 0.666. The fourth-order valence-electron chi connectivity index (χ4n) is 6.55. The zero-order chi connectivity index (χ0) is 33.0. The third-order valence-corrected chi connectivity index (χ3v) is 8.96. The lowest BCUT2D eigenvalue weighted by Gasteiger charge is -2.08. The Morgan fingerprint density at radius 2 is 0.900 bits per heavy atom. The zero-order valence-corrected chi connectivity index (χ0v) is 26.5. The van der Waals surface area contributed by atoms with Crippen LogP contribution in [-0.2, 0) is 0 Å². The Labute approximate surface area is 285 Å². The second-order valence-electron chi connectivity index (χ2n) is 12.1. The molecule has 0 fully saturated rings. The van der Waals surface area contributed by atoms with Crippen molar-refractivity contribution < 1.29 is 8.83 Å². The van der Waals surface area contributed by atoms with Gasteiger partial charge in [0.05, 0.1) is 5.56 Å². The molecule has 4 aromatic heterocycles. The standard InChI is InChI=1S/C43H25N5O2/c1-4-13-26(14-5-1)36-39-37(31-19-10-11-22-34(31)50-39)45-43(44-36)32-21-12-20-30-33-25-29(23-24-35(33)49-38(30)32)42-47-40(27-15-6-2-7-16-27)46-41(48-42)28-17-8-3-9-18-28/h1-25H. The number of aromatic nitrogens is 5. The van der Waals surface area contributed by atoms with Crippen LogP contribution in [0.2, 0.25) is 0 Å². The van der Waals surface area contributed by atoms with Gasteiger partial charge in [-0.05, 0) is 36.4 Å².